The summed E-state index contributed by atoms with van der Waals surface area (Å²) in [5.74, 6) is -0.118. The number of alkyl halides is 3. The zero-order chi connectivity index (χ0) is 21.7. The number of aliphatic carboxylic acids is 1. The van der Waals surface area contributed by atoms with Crippen LogP contribution in [0.25, 0.3) is 11.3 Å². The van der Waals surface area contributed by atoms with Gasteiger partial charge in [-0.25, -0.2) is 0 Å². The van der Waals surface area contributed by atoms with Crippen molar-refractivity contribution in [2.75, 3.05) is 19.6 Å². The van der Waals surface area contributed by atoms with E-state index in [0.717, 1.165) is 25.1 Å². The molecule has 10 heteroatoms. The molecular formula is C20H21ClF3N3O3. The molecule has 0 spiro atoms. The summed E-state index contributed by atoms with van der Waals surface area (Å²) >= 11 is 5.98. The van der Waals surface area contributed by atoms with E-state index in [1.165, 1.54) is 12.3 Å². The second kappa shape index (κ2) is 9.53. The molecule has 1 saturated heterocycles. The van der Waals surface area contributed by atoms with Crippen molar-refractivity contribution in [2.45, 2.75) is 19.0 Å². The third kappa shape index (κ3) is 5.76. The third-order valence-corrected chi connectivity index (χ3v) is 5.24. The van der Waals surface area contributed by atoms with Crippen molar-refractivity contribution >= 4 is 23.8 Å². The molecule has 3 rings (SSSR count). The topological polar surface area (TPSA) is 86.9 Å². The van der Waals surface area contributed by atoms with Crippen LogP contribution in [0.3, 0.4) is 0 Å². The van der Waals surface area contributed by atoms with E-state index in [2.05, 4.69) is 15.8 Å². The fourth-order valence-corrected chi connectivity index (χ4v) is 3.61. The maximum Gasteiger partial charge on any atom is 0.416 e. The fourth-order valence-electron chi connectivity index (χ4n) is 3.34. The van der Waals surface area contributed by atoms with Gasteiger partial charge >= 0.3 is 12.1 Å². The number of nitrogens with zero attached hydrogens (tertiary/aromatic N) is 1. The minimum atomic E-state index is -4.46. The van der Waals surface area contributed by atoms with Crippen molar-refractivity contribution in [2.24, 2.45) is 16.9 Å². The SMILES string of the molecule is O=C(O)[C@H]1CNC[C@H](CCN/N=C/c2ccc(-c3ccc(C(F)(F)F)cc3Cl)o2)C1. The first-order chi connectivity index (χ1) is 14.2. The minimum Gasteiger partial charge on any atom is -0.481 e. The summed E-state index contributed by atoms with van der Waals surface area (Å²) in [4.78, 5) is 11.1. The lowest BCUT2D eigenvalue weighted by atomic mass is 9.88. The number of carboxylic acids is 1. The summed E-state index contributed by atoms with van der Waals surface area (Å²) in [6.07, 6.45) is -1.58. The Morgan fingerprint density at radius 2 is 2.13 bits per heavy atom. The predicted molar refractivity (Wildman–Crippen MR) is 106 cm³/mol. The molecule has 0 bridgehead atoms. The normalized spacial score (nSPS) is 19.9. The molecule has 6 nitrogen and oxygen atoms in total. The van der Waals surface area contributed by atoms with E-state index >= 15 is 0 Å². The molecule has 1 aromatic carbocycles. The minimum absolute atomic E-state index is 0.0541. The first-order valence-electron chi connectivity index (χ1n) is 9.40. The Morgan fingerprint density at radius 1 is 1.33 bits per heavy atom. The van der Waals surface area contributed by atoms with Crippen LogP contribution in [0.1, 0.15) is 24.2 Å². The van der Waals surface area contributed by atoms with Crippen LogP contribution in [0, 0.1) is 11.8 Å². The number of furan rings is 1. The van der Waals surface area contributed by atoms with Gasteiger partial charge in [0, 0.05) is 18.7 Å². The highest BCUT2D eigenvalue weighted by Gasteiger charge is 2.31. The van der Waals surface area contributed by atoms with Crippen molar-refractivity contribution in [3.05, 3.63) is 46.7 Å². The number of carbonyl (C=O) groups is 1. The molecule has 1 aliphatic heterocycles. The number of piperidine rings is 1. The molecule has 1 aromatic heterocycles. The van der Waals surface area contributed by atoms with Crippen molar-refractivity contribution in [1.29, 1.82) is 0 Å². The molecule has 0 unspecified atom stereocenters. The van der Waals surface area contributed by atoms with Gasteiger partial charge in [-0.15, -0.1) is 0 Å². The van der Waals surface area contributed by atoms with Crippen LogP contribution in [0.4, 0.5) is 13.2 Å². The monoisotopic (exact) mass is 443 g/mol. The van der Waals surface area contributed by atoms with Crippen LogP contribution in [-0.2, 0) is 11.0 Å². The second-order valence-corrected chi connectivity index (χ2v) is 7.55. The standard InChI is InChI=1S/C20H21ClF3N3O3/c21-17-8-14(20(22,23)24)1-3-16(17)18-4-2-15(30-18)11-27-26-6-5-12-7-13(19(28)29)10-25-9-12/h1-4,8,11-13,25-26H,5-7,9-10H2,(H,28,29)/b27-11+/t12-,13-/m1/s1. The van der Waals surface area contributed by atoms with E-state index in [1.54, 1.807) is 12.1 Å². The first-order valence-corrected chi connectivity index (χ1v) is 9.78. The lowest BCUT2D eigenvalue weighted by molar-refractivity contribution is -0.142. The number of hydrazone groups is 1. The molecular weight excluding hydrogens is 423 g/mol. The molecule has 3 N–H and O–H groups in total. The molecule has 0 radical (unpaired) electrons. The van der Waals surface area contributed by atoms with Crippen LogP contribution in [0.5, 0.6) is 0 Å². The van der Waals surface area contributed by atoms with Crippen molar-refractivity contribution in [3.63, 3.8) is 0 Å². The summed E-state index contributed by atoms with van der Waals surface area (Å²) in [6.45, 7) is 1.86. The Kier molecular flexibility index (Phi) is 7.04. The molecule has 30 heavy (non-hydrogen) atoms. The van der Waals surface area contributed by atoms with Gasteiger partial charge in [-0.05, 0) is 55.6 Å². The second-order valence-electron chi connectivity index (χ2n) is 7.14. The zero-order valence-corrected chi connectivity index (χ0v) is 16.6. The van der Waals surface area contributed by atoms with E-state index in [4.69, 9.17) is 21.1 Å². The van der Waals surface area contributed by atoms with Crippen molar-refractivity contribution < 1.29 is 27.5 Å². The van der Waals surface area contributed by atoms with Gasteiger partial charge in [0.15, 0.2) is 0 Å². The zero-order valence-electron chi connectivity index (χ0n) is 15.9. The highest BCUT2D eigenvalue weighted by molar-refractivity contribution is 6.33. The third-order valence-electron chi connectivity index (χ3n) is 4.93. The van der Waals surface area contributed by atoms with Gasteiger partial charge in [0.05, 0.1) is 22.7 Å². The number of carboxylic acid groups (broad SMARTS) is 1. The Hall–Kier alpha value is -2.52. The first kappa shape index (κ1) is 22.2. The average Bonchev–Trinajstić information content (AvgIpc) is 3.15. The molecule has 1 fully saturated rings. The summed E-state index contributed by atoms with van der Waals surface area (Å²) in [6, 6.07) is 6.33. The molecule has 2 atom stereocenters. The summed E-state index contributed by atoms with van der Waals surface area (Å²) < 4.78 is 43.8. The van der Waals surface area contributed by atoms with Crippen LogP contribution < -0.4 is 10.7 Å². The van der Waals surface area contributed by atoms with Crippen molar-refractivity contribution in [1.82, 2.24) is 10.7 Å². The largest absolute Gasteiger partial charge is 0.481 e. The molecule has 0 saturated carbocycles. The van der Waals surface area contributed by atoms with Crippen LogP contribution in [0.15, 0.2) is 39.9 Å². The van der Waals surface area contributed by atoms with Crippen LogP contribution in [0.2, 0.25) is 5.02 Å². The fraction of sp³-hybridized carbons (Fsp3) is 0.400. The maximum atomic E-state index is 12.7. The van der Waals surface area contributed by atoms with Gasteiger partial charge < -0.3 is 20.3 Å². The number of rotatable bonds is 7. The van der Waals surface area contributed by atoms with Gasteiger partial charge in [0.1, 0.15) is 11.5 Å². The van der Waals surface area contributed by atoms with Gasteiger partial charge in [-0.1, -0.05) is 11.6 Å². The number of halogens is 4. The molecule has 162 valence electrons. The van der Waals surface area contributed by atoms with E-state index < -0.39 is 17.7 Å². The Morgan fingerprint density at radius 3 is 2.83 bits per heavy atom. The molecule has 0 amide bonds. The molecule has 2 aromatic rings. The maximum absolute atomic E-state index is 12.7. The summed E-state index contributed by atoms with van der Waals surface area (Å²) in [5.41, 5.74) is 2.43. The quantitative estimate of drug-likeness (QED) is 0.338. The van der Waals surface area contributed by atoms with Crippen LogP contribution in [-0.4, -0.2) is 36.9 Å². The van der Waals surface area contributed by atoms with Crippen molar-refractivity contribution in [3.8, 4) is 11.3 Å². The Bertz CT molecular complexity index is 914. The predicted octanol–water partition coefficient (Wildman–Crippen LogP) is 4.24. The van der Waals surface area contributed by atoms with E-state index in [1.807, 2.05) is 0 Å². The van der Waals surface area contributed by atoms with Crippen LogP contribution >= 0.6 is 11.6 Å². The Balaban J connectivity index is 1.51. The highest BCUT2D eigenvalue weighted by atomic mass is 35.5. The number of hydrogen-bond donors (Lipinski definition) is 3. The molecule has 2 heterocycles. The highest BCUT2D eigenvalue weighted by Crippen LogP contribution is 2.36. The number of benzene rings is 1. The summed E-state index contributed by atoms with van der Waals surface area (Å²) in [5, 5.41) is 16.2. The van der Waals surface area contributed by atoms with E-state index in [-0.39, 0.29) is 16.9 Å². The lowest BCUT2D eigenvalue weighted by Gasteiger charge is -2.27. The average molecular weight is 444 g/mol. The van der Waals surface area contributed by atoms with Gasteiger partial charge in [0.2, 0.25) is 0 Å². The number of nitrogens with one attached hydrogen (secondary N) is 2. The number of hydrogen-bond acceptors (Lipinski definition) is 5. The lowest BCUT2D eigenvalue weighted by Crippen LogP contribution is -2.40. The molecule has 0 aliphatic carbocycles. The van der Waals surface area contributed by atoms with E-state index in [0.29, 0.717) is 36.6 Å². The summed E-state index contributed by atoms with van der Waals surface area (Å²) in [7, 11) is 0. The van der Waals surface area contributed by atoms with Gasteiger partial charge in [-0.3, -0.25) is 4.79 Å². The van der Waals surface area contributed by atoms with Gasteiger partial charge in [-0.2, -0.15) is 18.3 Å². The Labute approximate surface area is 176 Å². The van der Waals surface area contributed by atoms with Gasteiger partial charge in [0.25, 0.3) is 0 Å². The smallest absolute Gasteiger partial charge is 0.416 e. The van der Waals surface area contributed by atoms with E-state index in [9.17, 15) is 18.0 Å². The molecule has 1 aliphatic rings.